The highest BCUT2D eigenvalue weighted by Crippen LogP contribution is 2.19. The first-order valence-electron chi connectivity index (χ1n) is 5.86. The van der Waals surface area contributed by atoms with Crippen molar-refractivity contribution in [3.63, 3.8) is 0 Å². The number of nitrogens with one attached hydrogen (secondary N) is 1. The maximum absolute atomic E-state index is 4.15. The molecule has 7 nitrogen and oxygen atoms in total. The van der Waals surface area contributed by atoms with E-state index in [2.05, 4.69) is 25.7 Å². The predicted molar refractivity (Wildman–Crippen MR) is 69.7 cm³/mol. The summed E-state index contributed by atoms with van der Waals surface area (Å²) in [5.41, 5.74) is 2.94. The molecule has 0 aliphatic rings. The third-order valence-electron chi connectivity index (χ3n) is 2.84. The van der Waals surface area contributed by atoms with Gasteiger partial charge in [0.15, 0.2) is 0 Å². The molecule has 0 saturated heterocycles. The van der Waals surface area contributed by atoms with Crippen LogP contribution in [0.25, 0.3) is 5.69 Å². The Morgan fingerprint density at radius 3 is 2.89 bits per heavy atom. The molecule has 0 fully saturated rings. The van der Waals surface area contributed by atoms with E-state index in [0.717, 1.165) is 17.1 Å². The second-order valence-corrected chi connectivity index (χ2v) is 4.06. The Morgan fingerprint density at radius 1 is 1.26 bits per heavy atom. The predicted octanol–water partition coefficient (Wildman–Crippen LogP) is 1.01. The first-order chi connectivity index (χ1) is 9.34. The summed E-state index contributed by atoms with van der Waals surface area (Å²) in [5.74, 6) is 0. The van der Waals surface area contributed by atoms with Gasteiger partial charge in [-0.1, -0.05) is 17.3 Å². The van der Waals surface area contributed by atoms with E-state index in [-0.39, 0.29) is 0 Å². The fourth-order valence-corrected chi connectivity index (χ4v) is 1.81. The molecule has 0 unspecified atom stereocenters. The van der Waals surface area contributed by atoms with E-state index in [0.29, 0.717) is 6.54 Å². The molecule has 0 aliphatic carbocycles. The topological polar surface area (TPSA) is 73.5 Å². The Labute approximate surface area is 109 Å². The SMILES string of the molecule is Cn1nncc1CNc1ccccc1-n1cncn1. The zero-order valence-corrected chi connectivity index (χ0v) is 10.4. The number of para-hydroxylation sites is 2. The molecule has 7 heteroatoms. The van der Waals surface area contributed by atoms with E-state index in [1.54, 1.807) is 21.9 Å². The molecular formula is C12H13N7. The number of aromatic nitrogens is 6. The van der Waals surface area contributed by atoms with Gasteiger partial charge in [-0.2, -0.15) is 5.10 Å². The molecule has 96 valence electrons. The number of rotatable bonds is 4. The Balaban J connectivity index is 1.84. The van der Waals surface area contributed by atoms with E-state index in [1.807, 2.05) is 31.3 Å². The van der Waals surface area contributed by atoms with Gasteiger partial charge in [-0.3, -0.25) is 4.68 Å². The lowest BCUT2D eigenvalue weighted by Crippen LogP contribution is -2.08. The molecule has 2 aromatic heterocycles. The van der Waals surface area contributed by atoms with Crippen molar-refractivity contribution in [1.82, 2.24) is 29.8 Å². The third kappa shape index (κ3) is 2.30. The van der Waals surface area contributed by atoms with Gasteiger partial charge in [-0.15, -0.1) is 5.10 Å². The van der Waals surface area contributed by atoms with Crippen LogP contribution in [0.3, 0.4) is 0 Å². The van der Waals surface area contributed by atoms with Gasteiger partial charge >= 0.3 is 0 Å². The summed E-state index contributed by atoms with van der Waals surface area (Å²) in [6.45, 7) is 0.648. The maximum Gasteiger partial charge on any atom is 0.138 e. The maximum atomic E-state index is 4.15. The molecule has 0 spiro atoms. The molecule has 0 bridgehead atoms. The lowest BCUT2D eigenvalue weighted by Gasteiger charge is -2.11. The minimum atomic E-state index is 0.648. The molecule has 2 heterocycles. The third-order valence-corrected chi connectivity index (χ3v) is 2.84. The zero-order chi connectivity index (χ0) is 13.1. The zero-order valence-electron chi connectivity index (χ0n) is 10.4. The second kappa shape index (κ2) is 4.89. The molecule has 3 aromatic rings. The Hall–Kier alpha value is -2.70. The van der Waals surface area contributed by atoms with Crippen LogP contribution in [0.1, 0.15) is 5.69 Å². The first kappa shape index (κ1) is 11.4. The van der Waals surface area contributed by atoms with Gasteiger partial charge in [0.25, 0.3) is 0 Å². The fraction of sp³-hybridized carbons (Fsp3) is 0.167. The van der Waals surface area contributed by atoms with Crippen molar-refractivity contribution in [2.75, 3.05) is 5.32 Å². The highest BCUT2D eigenvalue weighted by Gasteiger charge is 2.05. The van der Waals surface area contributed by atoms with Crippen LogP contribution < -0.4 is 5.32 Å². The lowest BCUT2D eigenvalue weighted by molar-refractivity contribution is 0.683. The van der Waals surface area contributed by atoms with Crippen LogP contribution in [0.2, 0.25) is 0 Å². The smallest absolute Gasteiger partial charge is 0.138 e. The Kier molecular flexibility index (Phi) is 2.93. The normalized spacial score (nSPS) is 10.6. The number of benzene rings is 1. The summed E-state index contributed by atoms with van der Waals surface area (Å²) >= 11 is 0. The van der Waals surface area contributed by atoms with Crippen LogP contribution in [0, 0.1) is 0 Å². The van der Waals surface area contributed by atoms with Crippen LogP contribution in [-0.4, -0.2) is 29.8 Å². The van der Waals surface area contributed by atoms with Gasteiger partial charge < -0.3 is 5.32 Å². The van der Waals surface area contributed by atoms with E-state index in [9.17, 15) is 0 Å². The molecular weight excluding hydrogens is 242 g/mol. The summed E-state index contributed by atoms with van der Waals surface area (Å²) in [6, 6.07) is 7.93. The quantitative estimate of drug-likeness (QED) is 0.753. The molecule has 1 N–H and O–H groups in total. The molecule has 0 atom stereocenters. The van der Waals surface area contributed by atoms with Crippen LogP contribution in [0.5, 0.6) is 0 Å². The van der Waals surface area contributed by atoms with E-state index < -0.39 is 0 Å². The van der Waals surface area contributed by atoms with E-state index >= 15 is 0 Å². The van der Waals surface area contributed by atoms with Crippen LogP contribution in [0.4, 0.5) is 5.69 Å². The summed E-state index contributed by atoms with van der Waals surface area (Å²) in [7, 11) is 1.87. The van der Waals surface area contributed by atoms with Crippen LogP contribution >= 0.6 is 0 Å². The Bertz CT molecular complexity index is 656. The molecule has 0 saturated carbocycles. The van der Waals surface area contributed by atoms with Crippen molar-refractivity contribution in [2.24, 2.45) is 7.05 Å². The van der Waals surface area contributed by atoms with Gasteiger partial charge in [0.1, 0.15) is 12.7 Å². The summed E-state index contributed by atoms with van der Waals surface area (Å²) in [6.07, 6.45) is 4.93. The Morgan fingerprint density at radius 2 is 2.16 bits per heavy atom. The molecule has 0 radical (unpaired) electrons. The van der Waals surface area contributed by atoms with Gasteiger partial charge in [0.2, 0.25) is 0 Å². The second-order valence-electron chi connectivity index (χ2n) is 4.06. The summed E-state index contributed by atoms with van der Waals surface area (Å²) < 4.78 is 3.47. The number of nitrogens with zero attached hydrogens (tertiary/aromatic N) is 6. The van der Waals surface area contributed by atoms with Gasteiger partial charge in [0, 0.05) is 7.05 Å². The van der Waals surface area contributed by atoms with E-state index in [1.165, 1.54) is 6.33 Å². The van der Waals surface area contributed by atoms with Gasteiger partial charge in [-0.05, 0) is 12.1 Å². The molecule has 1 aromatic carbocycles. The van der Waals surface area contributed by atoms with Crippen molar-refractivity contribution >= 4 is 5.69 Å². The largest absolute Gasteiger partial charge is 0.378 e. The average Bonchev–Trinajstić information content (AvgIpc) is 3.08. The van der Waals surface area contributed by atoms with Crippen LogP contribution in [0.15, 0.2) is 43.1 Å². The summed E-state index contributed by atoms with van der Waals surface area (Å²) in [5, 5.41) is 15.3. The van der Waals surface area contributed by atoms with Crippen molar-refractivity contribution in [1.29, 1.82) is 0 Å². The molecule has 19 heavy (non-hydrogen) atoms. The van der Waals surface area contributed by atoms with Crippen molar-refractivity contribution in [3.05, 3.63) is 48.8 Å². The lowest BCUT2D eigenvalue weighted by atomic mass is 10.2. The highest BCUT2D eigenvalue weighted by atomic mass is 15.4. The molecule has 0 aliphatic heterocycles. The summed E-state index contributed by atoms with van der Waals surface area (Å²) in [4.78, 5) is 3.96. The highest BCUT2D eigenvalue weighted by molar-refractivity contribution is 5.60. The first-order valence-corrected chi connectivity index (χ1v) is 5.86. The van der Waals surface area contributed by atoms with Crippen molar-refractivity contribution < 1.29 is 0 Å². The average molecular weight is 255 g/mol. The number of hydrogen-bond acceptors (Lipinski definition) is 5. The number of hydrogen-bond donors (Lipinski definition) is 1. The van der Waals surface area contributed by atoms with Crippen molar-refractivity contribution in [2.45, 2.75) is 6.54 Å². The standard InChI is InChI=1S/C12H13N7/c1-18-10(7-15-17-18)6-14-11-4-2-3-5-12(11)19-9-13-8-16-19/h2-5,7-9,14H,6H2,1H3. The monoisotopic (exact) mass is 255 g/mol. The van der Waals surface area contributed by atoms with Crippen LogP contribution in [-0.2, 0) is 13.6 Å². The van der Waals surface area contributed by atoms with Crippen molar-refractivity contribution in [3.8, 4) is 5.69 Å². The number of anilines is 1. The molecule has 3 rings (SSSR count). The fourth-order valence-electron chi connectivity index (χ4n) is 1.81. The van der Waals surface area contributed by atoms with E-state index in [4.69, 9.17) is 0 Å². The minimum absolute atomic E-state index is 0.648. The number of aryl methyl sites for hydroxylation is 1. The molecule has 0 amide bonds. The van der Waals surface area contributed by atoms with Gasteiger partial charge in [0.05, 0.1) is 29.8 Å². The van der Waals surface area contributed by atoms with Gasteiger partial charge in [-0.25, -0.2) is 9.67 Å². The minimum Gasteiger partial charge on any atom is -0.378 e.